The van der Waals surface area contributed by atoms with Crippen LogP contribution in [0.15, 0.2) is 0 Å². The maximum atomic E-state index is 11.8. The van der Waals surface area contributed by atoms with Gasteiger partial charge in [0.2, 0.25) is 5.91 Å². The molecule has 2 atom stereocenters. The Hall–Kier alpha value is -0.610. The molecule has 0 heterocycles. The third-order valence-corrected chi connectivity index (χ3v) is 2.37. The number of hydrogen-bond acceptors (Lipinski definition) is 3. The summed E-state index contributed by atoms with van der Waals surface area (Å²) < 4.78 is 5.24. The van der Waals surface area contributed by atoms with Gasteiger partial charge in [-0.3, -0.25) is 4.79 Å². The van der Waals surface area contributed by atoms with Crippen molar-refractivity contribution < 1.29 is 9.53 Å². The molecule has 1 amide bonds. The quantitative estimate of drug-likeness (QED) is 0.657. The topological polar surface area (TPSA) is 64.3 Å². The van der Waals surface area contributed by atoms with Crippen molar-refractivity contribution in [3.8, 4) is 0 Å². The smallest absolute Gasteiger partial charge is 0.224 e. The van der Waals surface area contributed by atoms with Crippen LogP contribution in [-0.4, -0.2) is 31.7 Å². The first-order valence-electron chi connectivity index (χ1n) is 6.09. The fraction of sp³-hybridized carbons (Fsp3) is 0.917. The second-order valence-electron chi connectivity index (χ2n) is 4.63. The van der Waals surface area contributed by atoms with Crippen LogP contribution in [0.1, 0.15) is 34.1 Å². The lowest BCUT2D eigenvalue weighted by Crippen LogP contribution is -2.42. The Labute approximate surface area is 98.9 Å². The fourth-order valence-electron chi connectivity index (χ4n) is 1.58. The van der Waals surface area contributed by atoms with Gasteiger partial charge >= 0.3 is 0 Å². The monoisotopic (exact) mass is 230 g/mol. The molecule has 2 unspecified atom stereocenters. The third-order valence-electron chi connectivity index (χ3n) is 2.37. The standard InChI is InChI=1S/C12H26N2O2/c1-5-16-8-10(4)14-12(15)11(7-13)6-9(2)3/h9-11H,5-8,13H2,1-4H3,(H,14,15). The molecule has 0 spiro atoms. The summed E-state index contributed by atoms with van der Waals surface area (Å²) in [6, 6.07) is 0.0497. The first-order chi connectivity index (χ1) is 7.51. The Kier molecular flexibility index (Phi) is 8.21. The second-order valence-corrected chi connectivity index (χ2v) is 4.63. The SMILES string of the molecule is CCOCC(C)NC(=O)C(CN)CC(C)C. The molecular weight excluding hydrogens is 204 g/mol. The maximum Gasteiger partial charge on any atom is 0.224 e. The van der Waals surface area contributed by atoms with E-state index in [0.717, 1.165) is 6.42 Å². The van der Waals surface area contributed by atoms with Gasteiger partial charge in [0, 0.05) is 19.2 Å². The first kappa shape index (κ1) is 15.4. The van der Waals surface area contributed by atoms with Gasteiger partial charge in [0.15, 0.2) is 0 Å². The van der Waals surface area contributed by atoms with Crippen LogP contribution in [0, 0.1) is 11.8 Å². The van der Waals surface area contributed by atoms with E-state index in [4.69, 9.17) is 10.5 Å². The third kappa shape index (κ3) is 6.80. The van der Waals surface area contributed by atoms with Crippen LogP contribution >= 0.6 is 0 Å². The van der Waals surface area contributed by atoms with E-state index in [-0.39, 0.29) is 17.9 Å². The van der Waals surface area contributed by atoms with Crippen LogP contribution in [0.4, 0.5) is 0 Å². The Balaban J connectivity index is 3.99. The van der Waals surface area contributed by atoms with Gasteiger partial charge in [-0.1, -0.05) is 13.8 Å². The molecule has 0 aliphatic heterocycles. The summed E-state index contributed by atoms with van der Waals surface area (Å²) in [6.07, 6.45) is 0.837. The Bertz CT molecular complexity index is 195. The summed E-state index contributed by atoms with van der Waals surface area (Å²) in [6.45, 7) is 9.71. The van der Waals surface area contributed by atoms with E-state index in [1.165, 1.54) is 0 Å². The fourth-order valence-corrected chi connectivity index (χ4v) is 1.58. The van der Waals surface area contributed by atoms with Crippen molar-refractivity contribution in [2.24, 2.45) is 17.6 Å². The summed E-state index contributed by atoms with van der Waals surface area (Å²) in [5, 5.41) is 2.93. The van der Waals surface area contributed by atoms with Gasteiger partial charge in [-0.15, -0.1) is 0 Å². The van der Waals surface area contributed by atoms with Gasteiger partial charge in [0.05, 0.1) is 12.5 Å². The van der Waals surface area contributed by atoms with Crippen molar-refractivity contribution in [3.05, 3.63) is 0 Å². The van der Waals surface area contributed by atoms with Crippen molar-refractivity contribution in [3.63, 3.8) is 0 Å². The average Bonchev–Trinajstić information content (AvgIpc) is 2.22. The number of nitrogens with two attached hydrogens (primary N) is 1. The van der Waals surface area contributed by atoms with Gasteiger partial charge in [-0.05, 0) is 26.2 Å². The summed E-state index contributed by atoms with van der Waals surface area (Å²) in [7, 11) is 0. The predicted octanol–water partition coefficient (Wildman–Crippen LogP) is 1.15. The van der Waals surface area contributed by atoms with Gasteiger partial charge < -0.3 is 15.8 Å². The van der Waals surface area contributed by atoms with Crippen LogP contribution < -0.4 is 11.1 Å². The second kappa shape index (κ2) is 8.53. The number of rotatable bonds is 8. The molecule has 3 N–H and O–H groups in total. The van der Waals surface area contributed by atoms with E-state index in [9.17, 15) is 4.79 Å². The minimum Gasteiger partial charge on any atom is -0.380 e. The van der Waals surface area contributed by atoms with E-state index in [0.29, 0.717) is 25.7 Å². The van der Waals surface area contributed by atoms with Crippen LogP contribution in [0.2, 0.25) is 0 Å². The highest BCUT2D eigenvalue weighted by Crippen LogP contribution is 2.10. The van der Waals surface area contributed by atoms with Gasteiger partial charge in [-0.25, -0.2) is 0 Å². The van der Waals surface area contributed by atoms with Crippen LogP contribution in [0.25, 0.3) is 0 Å². The molecular formula is C12H26N2O2. The molecule has 0 aromatic rings. The molecule has 0 rings (SSSR count). The molecule has 4 nitrogen and oxygen atoms in total. The molecule has 0 aliphatic rings. The normalized spacial score (nSPS) is 14.9. The Morgan fingerprint density at radius 1 is 1.38 bits per heavy atom. The number of ether oxygens (including phenoxy) is 1. The van der Waals surface area contributed by atoms with Crippen molar-refractivity contribution in [1.82, 2.24) is 5.32 Å². The summed E-state index contributed by atoms with van der Waals surface area (Å²) in [4.78, 5) is 11.8. The van der Waals surface area contributed by atoms with Crippen molar-refractivity contribution in [2.75, 3.05) is 19.8 Å². The number of hydrogen-bond donors (Lipinski definition) is 2. The minimum atomic E-state index is -0.0796. The number of nitrogens with one attached hydrogen (secondary N) is 1. The summed E-state index contributed by atoms with van der Waals surface area (Å²) in [5.41, 5.74) is 5.61. The highest BCUT2D eigenvalue weighted by molar-refractivity contribution is 5.79. The van der Waals surface area contributed by atoms with Crippen molar-refractivity contribution in [1.29, 1.82) is 0 Å². The van der Waals surface area contributed by atoms with Gasteiger partial charge in [-0.2, -0.15) is 0 Å². The van der Waals surface area contributed by atoms with E-state index >= 15 is 0 Å². The molecule has 96 valence electrons. The minimum absolute atomic E-state index is 0.0448. The summed E-state index contributed by atoms with van der Waals surface area (Å²) in [5.74, 6) is 0.453. The Morgan fingerprint density at radius 2 is 2.00 bits per heavy atom. The highest BCUT2D eigenvalue weighted by atomic mass is 16.5. The van der Waals surface area contributed by atoms with Crippen LogP contribution in [-0.2, 0) is 9.53 Å². The van der Waals surface area contributed by atoms with Gasteiger partial charge in [0.25, 0.3) is 0 Å². The lowest BCUT2D eigenvalue weighted by molar-refractivity contribution is -0.126. The van der Waals surface area contributed by atoms with Gasteiger partial charge in [0.1, 0.15) is 0 Å². The number of amides is 1. The number of carbonyl (C=O) groups excluding carboxylic acids is 1. The Morgan fingerprint density at radius 3 is 2.44 bits per heavy atom. The highest BCUT2D eigenvalue weighted by Gasteiger charge is 2.19. The van der Waals surface area contributed by atoms with Crippen molar-refractivity contribution in [2.45, 2.75) is 40.2 Å². The predicted molar refractivity (Wildman–Crippen MR) is 66.1 cm³/mol. The largest absolute Gasteiger partial charge is 0.380 e. The zero-order chi connectivity index (χ0) is 12.6. The molecule has 0 bridgehead atoms. The van der Waals surface area contributed by atoms with Crippen molar-refractivity contribution >= 4 is 5.91 Å². The zero-order valence-corrected chi connectivity index (χ0v) is 11.0. The first-order valence-corrected chi connectivity index (χ1v) is 6.09. The molecule has 4 heteroatoms. The molecule has 0 aromatic heterocycles. The lowest BCUT2D eigenvalue weighted by atomic mass is 9.96. The molecule has 0 aliphatic carbocycles. The molecule has 0 saturated carbocycles. The van der Waals surface area contributed by atoms with E-state index < -0.39 is 0 Å². The van der Waals surface area contributed by atoms with Crippen LogP contribution in [0.5, 0.6) is 0 Å². The van der Waals surface area contributed by atoms with E-state index in [1.807, 2.05) is 13.8 Å². The van der Waals surface area contributed by atoms with E-state index in [1.54, 1.807) is 0 Å². The average molecular weight is 230 g/mol. The molecule has 0 aromatic carbocycles. The summed E-state index contributed by atoms with van der Waals surface area (Å²) >= 11 is 0. The lowest BCUT2D eigenvalue weighted by Gasteiger charge is -2.20. The van der Waals surface area contributed by atoms with Crippen LogP contribution in [0.3, 0.4) is 0 Å². The molecule has 0 saturated heterocycles. The molecule has 0 radical (unpaired) electrons. The zero-order valence-electron chi connectivity index (χ0n) is 11.0. The molecule has 16 heavy (non-hydrogen) atoms. The molecule has 0 fully saturated rings. The maximum absolute atomic E-state index is 11.8. The van der Waals surface area contributed by atoms with E-state index in [2.05, 4.69) is 19.2 Å². The number of carbonyl (C=O) groups is 1.